The van der Waals surface area contributed by atoms with Gasteiger partial charge >= 0.3 is 6.09 Å². The molecule has 1 amide bonds. The zero-order valence-corrected chi connectivity index (χ0v) is 19.4. The lowest BCUT2D eigenvalue weighted by Gasteiger charge is -2.44. The number of hydrogen-bond acceptors (Lipinski definition) is 4. The Kier molecular flexibility index (Phi) is 4.91. The maximum atomic E-state index is 12.4. The Morgan fingerprint density at radius 1 is 1.12 bits per heavy atom. The van der Waals surface area contributed by atoms with Crippen LogP contribution >= 0.6 is 0 Å². The molecule has 0 atom stereocenters. The molecule has 2 aromatic heterocycles. The van der Waals surface area contributed by atoms with Crippen molar-refractivity contribution in [3.63, 3.8) is 0 Å². The molecule has 0 radical (unpaired) electrons. The molecule has 6 nitrogen and oxygen atoms in total. The van der Waals surface area contributed by atoms with Gasteiger partial charge in [-0.1, -0.05) is 6.07 Å². The number of aryl methyl sites for hydroxylation is 2. The van der Waals surface area contributed by atoms with Gasteiger partial charge in [-0.2, -0.15) is 0 Å². The van der Waals surface area contributed by atoms with E-state index in [2.05, 4.69) is 46.6 Å². The number of piperidine rings is 1. The number of nitrogens with zero attached hydrogens (tertiary/aromatic N) is 3. The van der Waals surface area contributed by atoms with E-state index in [4.69, 9.17) is 9.47 Å². The van der Waals surface area contributed by atoms with Crippen LogP contribution in [0.4, 0.5) is 4.79 Å². The van der Waals surface area contributed by atoms with Gasteiger partial charge in [0.2, 0.25) is 0 Å². The molecule has 0 bridgehead atoms. The molecule has 4 heterocycles. The number of benzene rings is 1. The zero-order valence-electron chi connectivity index (χ0n) is 19.4. The number of aromatic nitrogens is 2. The lowest BCUT2D eigenvalue weighted by atomic mass is 9.82. The molecule has 1 spiro atoms. The van der Waals surface area contributed by atoms with Crippen LogP contribution in [0.3, 0.4) is 0 Å². The predicted molar refractivity (Wildman–Crippen MR) is 124 cm³/mol. The molecular weight excluding hydrogens is 402 g/mol. The van der Waals surface area contributed by atoms with Crippen LogP contribution in [0, 0.1) is 6.92 Å². The average Bonchev–Trinajstić information content (AvgIpc) is 3.23. The molecule has 1 aromatic carbocycles. The summed E-state index contributed by atoms with van der Waals surface area (Å²) in [6.45, 7) is 9.19. The van der Waals surface area contributed by atoms with Crippen LogP contribution in [-0.4, -0.2) is 44.7 Å². The van der Waals surface area contributed by atoms with E-state index in [-0.39, 0.29) is 11.7 Å². The Morgan fingerprint density at radius 3 is 2.66 bits per heavy atom. The van der Waals surface area contributed by atoms with Crippen LogP contribution < -0.4 is 4.74 Å². The number of fused-ring (bicyclic) bond motifs is 2. The molecule has 0 N–H and O–H groups in total. The summed E-state index contributed by atoms with van der Waals surface area (Å²) in [6.07, 6.45) is 7.25. The van der Waals surface area contributed by atoms with E-state index >= 15 is 0 Å². The van der Waals surface area contributed by atoms with Gasteiger partial charge in [-0.05, 0) is 75.9 Å². The van der Waals surface area contributed by atoms with Gasteiger partial charge in [-0.15, -0.1) is 0 Å². The van der Waals surface area contributed by atoms with Gasteiger partial charge in [0.1, 0.15) is 22.6 Å². The van der Waals surface area contributed by atoms with Gasteiger partial charge in [-0.25, -0.2) is 9.78 Å². The minimum absolute atomic E-state index is 0.182. The SMILES string of the molecule is Cc1c(-c2ccc3c(c2)CCC2(CCN(C(=O)OC(C)(C)C)CC2)O3)ccc2nccn12. The molecular formula is C26H31N3O3. The highest BCUT2D eigenvalue weighted by Crippen LogP contribution is 2.41. The molecule has 0 unspecified atom stereocenters. The molecule has 32 heavy (non-hydrogen) atoms. The first-order valence-electron chi connectivity index (χ1n) is 11.5. The Labute approximate surface area is 189 Å². The van der Waals surface area contributed by atoms with Crippen molar-refractivity contribution in [2.75, 3.05) is 13.1 Å². The molecule has 2 aliphatic rings. The van der Waals surface area contributed by atoms with Gasteiger partial charge in [0.15, 0.2) is 0 Å². The van der Waals surface area contributed by atoms with E-state index in [1.165, 1.54) is 22.4 Å². The predicted octanol–water partition coefficient (Wildman–Crippen LogP) is 5.40. The highest BCUT2D eigenvalue weighted by molar-refractivity contribution is 5.70. The molecule has 1 fully saturated rings. The molecule has 168 valence electrons. The Balaban J connectivity index is 1.31. The van der Waals surface area contributed by atoms with Crippen molar-refractivity contribution in [2.45, 2.75) is 64.6 Å². The summed E-state index contributed by atoms with van der Waals surface area (Å²) >= 11 is 0. The lowest BCUT2D eigenvalue weighted by Crippen LogP contribution is -2.52. The van der Waals surface area contributed by atoms with Gasteiger partial charge in [0.25, 0.3) is 0 Å². The lowest BCUT2D eigenvalue weighted by molar-refractivity contribution is -0.0272. The van der Waals surface area contributed by atoms with E-state index in [1.54, 1.807) is 0 Å². The van der Waals surface area contributed by atoms with Crippen LogP contribution in [0.1, 0.15) is 51.3 Å². The topological polar surface area (TPSA) is 56.1 Å². The minimum Gasteiger partial charge on any atom is -0.487 e. The highest BCUT2D eigenvalue weighted by atomic mass is 16.6. The summed E-state index contributed by atoms with van der Waals surface area (Å²) in [5.74, 6) is 0.979. The van der Waals surface area contributed by atoms with Crippen LogP contribution in [-0.2, 0) is 11.2 Å². The molecule has 5 rings (SSSR count). The second kappa shape index (κ2) is 7.54. The van der Waals surface area contributed by atoms with Crippen molar-refractivity contribution >= 4 is 11.7 Å². The van der Waals surface area contributed by atoms with Crippen LogP contribution in [0.5, 0.6) is 5.75 Å². The van der Waals surface area contributed by atoms with Gasteiger partial charge in [0, 0.05) is 49.6 Å². The van der Waals surface area contributed by atoms with E-state index < -0.39 is 5.60 Å². The van der Waals surface area contributed by atoms with Gasteiger partial charge in [0.05, 0.1) is 0 Å². The smallest absolute Gasteiger partial charge is 0.410 e. The Bertz CT molecular complexity index is 1170. The Morgan fingerprint density at radius 2 is 1.91 bits per heavy atom. The van der Waals surface area contributed by atoms with Crippen LogP contribution in [0.15, 0.2) is 42.7 Å². The van der Waals surface area contributed by atoms with E-state index in [0.29, 0.717) is 13.1 Å². The van der Waals surface area contributed by atoms with Gasteiger partial charge < -0.3 is 18.8 Å². The fraction of sp³-hybridized carbons (Fsp3) is 0.462. The van der Waals surface area contributed by atoms with Crippen molar-refractivity contribution in [3.8, 4) is 16.9 Å². The first-order chi connectivity index (χ1) is 15.2. The van der Waals surface area contributed by atoms with Gasteiger partial charge in [-0.3, -0.25) is 0 Å². The maximum absolute atomic E-state index is 12.4. The third kappa shape index (κ3) is 3.83. The standard InChI is InChI=1S/C26H31N3O3/c1-18-21(6-8-23-27-13-16-29(18)23)19-5-7-22-20(17-19)9-10-26(31-22)11-14-28(15-12-26)24(30)32-25(2,3)4/h5-8,13,16-17H,9-12,14-15H2,1-4H3. The molecule has 2 aliphatic heterocycles. The first-order valence-corrected chi connectivity index (χ1v) is 11.5. The summed E-state index contributed by atoms with van der Waals surface area (Å²) in [6, 6.07) is 10.7. The summed E-state index contributed by atoms with van der Waals surface area (Å²) in [7, 11) is 0. The fourth-order valence-corrected chi connectivity index (χ4v) is 4.90. The van der Waals surface area contributed by atoms with Crippen molar-refractivity contribution in [1.29, 1.82) is 0 Å². The van der Waals surface area contributed by atoms with Crippen LogP contribution in [0.25, 0.3) is 16.8 Å². The van der Waals surface area contributed by atoms with E-state index in [9.17, 15) is 4.79 Å². The molecule has 1 saturated heterocycles. The highest BCUT2D eigenvalue weighted by Gasteiger charge is 2.41. The number of likely N-dealkylation sites (tertiary alicyclic amines) is 1. The number of ether oxygens (including phenoxy) is 2. The maximum Gasteiger partial charge on any atom is 0.410 e. The van der Waals surface area contributed by atoms with Crippen molar-refractivity contribution < 1.29 is 14.3 Å². The number of amides is 1. The summed E-state index contributed by atoms with van der Waals surface area (Å²) < 4.78 is 14.2. The summed E-state index contributed by atoms with van der Waals surface area (Å²) in [5, 5.41) is 0. The largest absolute Gasteiger partial charge is 0.487 e. The third-order valence-electron chi connectivity index (χ3n) is 6.69. The fourth-order valence-electron chi connectivity index (χ4n) is 4.90. The van der Waals surface area contributed by atoms with Crippen molar-refractivity contribution in [2.24, 2.45) is 0 Å². The van der Waals surface area contributed by atoms with Crippen molar-refractivity contribution in [3.05, 3.63) is 54.0 Å². The Hall–Kier alpha value is -3.02. The van der Waals surface area contributed by atoms with Crippen molar-refractivity contribution in [1.82, 2.24) is 14.3 Å². The number of hydrogen-bond donors (Lipinski definition) is 0. The quantitative estimate of drug-likeness (QED) is 0.515. The molecule has 3 aromatic rings. The normalized spacial score (nSPS) is 17.8. The monoisotopic (exact) mass is 433 g/mol. The minimum atomic E-state index is -0.467. The number of carbonyl (C=O) groups excluding carboxylic acids is 1. The molecule has 0 aliphatic carbocycles. The number of pyridine rings is 1. The zero-order chi connectivity index (χ0) is 22.5. The van der Waals surface area contributed by atoms with E-state index in [0.717, 1.165) is 37.1 Å². The average molecular weight is 434 g/mol. The second-order valence-corrected chi connectivity index (χ2v) is 10.1. The van der Waals surface area contributed by atoms with Crippen LogP contribution in [0.2, 0.25) is 0 Å². The first kappa shape index (κ1) is 20.9. The van der Waals surface area contributed by atoms with E-state index in [1.807, 2.05) is 38.1 Å². The number of rotatable bonds is 1. The second-order valence-electron chi connectivity index (χ2n) is 10.1. The number of imidazole rings is 1. The molecule has 0 saturated carbocycles. The molecule has 6 heteroatoms. The third-order valence-corrected chi connectivity index (χ3v) is 6.69. The summed E-state index contributed by atoms with van der Waals surface area (Å²) in [5.41, 5.74) is 5.17. The summed E-state index contributed by atoms with van der Waals surface area (Å²) in [4.78, 5) is 18.6. The number of carbonyl (C=O) groups is 1.